The number of aromatic amines is 1. The van der Waals surface area contributed by atoms with Gasteiger partial charge in [-0.25, -0.2) is 0 Å². The van der Waals surface area contributed by atoms with Crippen LogP contribution in [0, 0.1) is 0 Å². The number of hydrogen-bond acceptors (Lipinski definition) is 3. The number of nitrogens with zero attached hydrogens (tertiary/aromatic N) is 2. The van der Waals surface area contributed by atoms with Gasteiger partial charge < -0.3 is 0 Å². The highest BCUT2D eigenvalue weighted by Gasteiger charge is 2.17. The van der Waals surface area contributed by atoms with Gasteiger partial charge in [-0.2, -0.15) is 9.47 Å². The van der Waals surface area contributed by atoms with Crippen molar-refractivity contribution in [1.82, 2.24) is 14.6 Å². The maximum atomic E-state index is 4.47. The molecule has 0 aliphatic heterocycles. The highest BCUT2D eigenvalue weighted by Crippen LogP contribution is 2.31. The predicted octanol–water partition coefficient (Wildman–Crippen LogP) is 3.27. The van der Waals surface area contributed by atoms with Gasteiger partial charge in [-0.1, -0.05) is 27.7 Å². The summed E-state index contributed by atoms with van der Waals surface area (Å²) < 4.78 is 5.69. The van der Waals surface area contributed by atoms with Gasteiger partial charge in [0.25, 0.3) is 0 Å². The summed E-state index contributed by atoms with van der Waals surface area (Å²) in [4.78, 5) is 0. The Morgan fingerprint density at radius 3 is 2.29 bits per heavy atom. The first kappa shape index (κ1) is 9.65. The molecule has 2 heterocycles. The molecule has 0 radical (unpaired) electrons. The molecule has 0 atom stereocenters. The van der Waals surface area contributed by atoms with Crippen LogP contribution in [0.5, 0.6) is 0 Å². The molecule has 0 bridgehead atoms. The number of H-pyrrole nitrogens is 1. The first-order valence-electron chi connectivity index (χ1n) is 4.94. The van der Waals surface area contributed by atoms with Gasteiger partial charge in [0.2, 0.25) is 0 Å². The summed E-state index contributed by atoms with van der Waals surface area (Å²) in [5, 5.41) is 7.44. The first-order valence-corrected chi connectivity index (χ1v) is 5.72. The van der Waals surface area contributed by atoms with Crippen molar-refractivity contribution in [3.8, 4) is 0 Å². The van der Waals surface area contributed by atoms with E-state index in [9.17, 15) is 0 Å². The summed E-state index contributed by atoms with van der Waals surface area (Å²) in [5.41, 5.74) is 3.42. The molecule has 0 aromatic carbocycles. The standard InChI is InChI=1S/C10H15N3S/c1-5(2)7-9-10(14-13-7)8(6(3)4)11-12-9/h5-6H,1-4H3,(H,11,12). The molecule has 0 aliphatic carbocycles. The molecule has 2 aromatic heterocycles. The zero-order valence-corrected chi connectivity index (χ0v) is 9.77. The molecule has 76 valence electrons. The molecule has 0 saturated carbocycles. The van der Waals surface area contributed by atoms with Crippen molar-refractivity contribution in [1.29, 1.82) is 0 Å². The number of aromatic nitrogens is 3. The van der Waals surface area contributed by atoms with E-state index in [-0.39, 0.29) is 0 Å². The SMILES string of the molecule is CC(C)c1nsc2c(C(C)C)n[nH]c12. The average Bonchev–Trinajstić information content (AvgIpc) is 2.59. The van der Waals surface area contributed by atoms with E-state index in [1.807, 2.05) is 0 Å². The van der Waals surface area contributed by atoms with Crippen LogP contribution in [-0.2, 0) is 0 Å². The summed E-state index contributed by atoms with van der Waals surface area (Å²) in [5.74, 6) is 0.924. The fraction of sp³-hybridized carbons (Fsp3) is 0.600. The maximum Gasteiger partial charge on any atom is 0.0997 e. The van der Waals surface area contributed by atoms with Crippen LogP contribution in [-0.4, -0.2) is 14.6 Å². The van der Waals surface area contributed by atoms with E-state index in [1.54, 1.807) is 11.5 Å². The number of hydrogen-bond donors (Lipinski definition) is 1. The lowest BCUT2D eigenvalue weighted by atomic mass is 10.1. The lowest BCUT2D eigenvalue weighted by Gasteiger charge is -1.96. The Labute approximate surface area is 87.7 Å². The molecule has 2 rings (SSSR count). The van der Waals surface area contributed by atoms with Gasteiger partial charge in [-0.05, 0) is 23.4 Å². The number of nitrogens with one attached hydrogen (secondary N) is 1. The largest absolute Gasteiger partial charge is 0.275 e. The molecule has 0 amide bonds. The van der Waals surface area contributed by atoms with Crippen LogP contribution in [0.25, 0.3) is 10.2 Å². The second-order valence-electron chi connectivity index (χ2n) is 4.19. The predicted molar refractivity (Wildman–Crippen MR) is 59.9 cm³/mol. The van der Waals surface area contributed by atoms with E-state index in [0.29, 0.717) is 11.8 Å². The lowest BCUT2D eigenvalue weighted by Crippen LogP contribution is -1.88. The number of rotatable bonds is 2. The monoisotopic (exact) mass is 209 g/mol. The van der Waals surface area contributed by atoms with E-state index < -0.39 is 0 Å². The minimum absolute atomic E-state index is 0.462. The summed E-state index contributed by atoms with van der Waals surface area (Å²) in [7, 11) is 0. The Hall–Kier alpha value is -0.900. The molecule has 2 aromatic rings. The zero-order chi connectivity index (χ0) is 10.3. The molecule has 4 heteroatoms. The molecule has 0 unspecified atom stereocenters. The van der Waals surface area contributed by atoms with Crippen LogP contribution in [0.2, 0.25) is 0 Å². The normalized spacial score (nSPS) is 12.1. The van der Waals surface area contributed by atoms with E-state index >= 15 is 0 Å². The molecule has 0 saturated heterocycles. The van der Waals surface area contributed by atoms with Crippen molar-refractivity contribution in [2.24, 2.45) is 0 Å². The smallest absolute Gasteiger partial charge is 0.0997 e. The second kappa shape index (κ2) is 3.35. The van der Waals surface area contributed by atoms with E-state index in [1.165, 1.54) is 4.70 Å². The van der Waals surface area contributed by atoms with Crippen molar-refractivity contribution in [2.75, 3.05) is 0 Å². The number of fused-ring (bicyclic) bond motifs is 1. The van der Waals surface area contributed by atoms with Crippen LogP contribution in [0.1, 0.15) is 50.9 Å². The zero-order valence-electron chi connectivity index (χ0n) is 8.96. The fourth-order valence-electron chi connectivity index (χ4n) is 1.54. The van der Waals surface area contributed by atoms with E-state index in [0.717, 1.165) is 16.9 Å². The van der Waals surface area contributed by atoms with Gasteiger partial charge in [-0.15, -0.1) is 0 Å². The van der Waals surface area contributed by atoms with Gasteiger partial charge in [0, 0.05) is 0 Å². The highest BCUT2D eigenvalue weighted by atomic mass is 32.1. The van der Waals surface area contributed by atoms with Crippen molar-refractivity contribution < 1.29 is 0 Å². The summed E-state index contributed by atoms with van der Waals surface area (Å²) >= 11 is 1.56. The van der Waals surface area contributed by atoms with Crippen LogP contribution >= 0.6 is 11.5 Å². The van der Waals surface area contributed by atoms with Gasteiger partial charge in [0.05, 0.1) is 21.6 Å². The Morgan fingerprint density at radius 1 is 1.07 bits per heavy atom. The first-order chi connectivity index (χ1) is 6.61. The minimum Gasteiger partial charge on any atom is -0.275 e. The Balaban J connectivity index is 2.61. The molecular formula is C10H15N3S. The van der Waals surface area contributed by atoms with Crippen molar-refractivity contribution in [2.45, 2.75) is 39.5 Å². The molecule has 0 spiro atoms. The van der Waals surface area contributed by atoms with Crippen molar-refractivity contribution >= 4 is 21.7 Å². The molecular weight excluding hydrogens is 194 g/mol. The Bertz CT molecular complexity index is 397. The summed E-state index contributed by atoms with van der Waals surface area (Å²) in [6.45, 7) is 8.63. The van der Waals surface area contributed by atoms with Crippen molar-refractivity contribution in [3.05, 3.63) is 11.4 Å². The van der Waals surface area contributed by atoms with Gasteiger partial charge in [0.15, 0.2) is 0 Å². The highest BCUT2D eigenvalue weighted by molar-refractivity contribution is 7.13. The lowest BCUT2D eigenvalue weighted by molar-refractivity contribution is 0.814. The van der Waals surface area contributed by atoms with Gasteiger partial charge in [-0.3, -0.25) is 5.10 Å². The molecule has 1 N–H and O–H groups in total. The maximum absolute atomic E-state index is 4.47. The third-order valence-electron chi connectivity index (χ3n) is 2.33. The fourth-order valence-corrected chi connectivity index (χ4v) is 2.65. The molecule has 0 aliphatic rings. The Morgan fingerprint density at radius 2 is 1.71 bits per heavy atom. The van der Waals surface area contributed by atoms with Crippen LogP contribution in [0.4, 0.5) is 0 Å². The molecule has 3 nitrogen and oxygen atoms in total. The second-order valence-corrected chi connectivity index (χ2v) is 4.96. The van der Waals surface area contributed by atoms with Crippen LogP contribution in [0.15, 0.2) is 0 Å². The van der Waals surface area contributed by atoms with Crippen molar-refractivity contribution in [3.63, 3.8) is 0 Å². The summed E-state index contributed by atoms with van der Waals surface area (Å²) in [6.07, 6.45) is 0. The third-order valence-corrected chi connectivity index (χ3v) is 3.22. The molecule has 0 fully saturated rings. The van der Waals surface area contributed by atoms with Gasteiger partial charge >= 0.3 is 0 Å². The van der Waals surface area contributed by atoms with E-state index in [2.05, 4.69) is 42.3 Å². The van der Waals surface area contributed by atoms with Gasteiger partial charge in [0.1, 0.15) is 0 Å². The van der Waals surface area contributed by atoms with Crippen LogP contribution in [0.3, 0.4) is 0 Å². The summed E-state index contributed by atoms with van der Waals surface area (Å²) in [6, 6.07) is 0. The van der Waals surface area contributed by atoms with Crippen LogP contribution < -0.4 is 0 Å². The topological polar surface area (TPSA) is 41.6 Å². The minimum atomic E-state index is 0.462. The van der Waals surface area contributed by atoms with E-state index in [4.69, 9.17) is 0 Å². The Kier molecular flexibility index (Phi) is 2.31. The quantitative estimate of drug-likeness (QED) is 0.824. The third kappa shape index (κ3) is 1.34. The average molecular weight is 209 g/mol. The molecule has 14 heavy (non-hydrogen) atoms.